The van der Waals surface area contributed by atoms with E-state index in [-0.39, 0.29) is 11.5 Å². The van der Waals surface area contributed by atoms with Gasteiger partial charge < -0.3 is 9.69 Å². The second-order valence-corrected chi connectivity index (χ2v) is 7.91. The number of hydrogen-bond donors (Lipinski definition) is 0. The molecule has 0 heterocycles. The van der Waals surface area contributed by atoms with Crippen molar-refractivity contribution in [3.8, 4) is 0 Å². The molecule has 2 aromatic rings. The van der Waals surface area contributed by atoms with Gasteiger partial charge in [-0.05, 0) is 49.9 Å². The number of carbonyl (C=O) groups is 2. The summed E-state index contributed by atoms with van der Waals surface area (Å²) in [6.07, 6.45) is -0.00611. The van der Waals surface area contributed by atoms with E-state index in [1.807, 2.05) is 6.07 Å². The normalized spacial score (nSPS) is 12.7. The Morgan fingerprint density at radius 2 is 1.71 bits per heavy atom. The van der Waals surface area contributed by atoms with E-state index < -0.39 is 12.1 Å². The highest BCUT2D eigenvalue weighted by molar-refractivity contribution is 5.95. The average molecular weight is 431 g/mol. The quantitative estimate of drug-likeness (QED) is 0.378. The number of unbranched alkanes of at least 4 members (excludes halogenated alkanes) is 1. The highest BCUT2D eigenvalue weighted by Gasteiger charge is 2.39. The van der Waals surface area contributed by atoms with Crippen LogP contribution in [0.4, 0.5) is 13.2 Å². The number of nitrogens with zero attached hydrogens (tertiary/aromatic N) is 1. The second kappa shape index (κ2) is 10.4. The topological polar surface area (TPSA) is 37.4 Å². The minimum Gasteiger partial charge on any atom is -0.342 e. The molecule has 0 aliphatic carbocycles. The van der Waals surface area contributed by atoms with Gasteiger partial charge in [0.15, 0.2) is 0 Å². The van der Waals surface area contributed by atoms with Crippen molar-refractivity contribution in [3.63, 3.8) is 0 Å². The monoisotopic (exact) mass is 431 g/mol. The Morgan fingerprint density at radius 1 is 1.06 bits per heavy atom. The second-order valence-electron chi connectivity index (χ2n) is 7.91. The Bertz CT molecular complexity index is 943. The van der Waals surface area contributed by atoms with E-state index in [0.29, 0.717) is 36.1 Å². The first-order chi connectivity index (χ1) is 14.5. The van der Waals surface area contributed by atoms with Crippen molar-refractivity contribution in [3.05, 3.63) is 75.9 Å². The van der Waals surface area contributed by atoms with E-state index >= 15 is 0 Å². The van der Waals surface area contributed by atoms with Crippen LogP contribution in [0.2, 0.25) is 0 Å². The molecule has 1 atom stereocenters. The molecule has 0 spiro atoms. The van der Waals surface area contributed by atoms with Crippen molar-refractivity contribution >= 4 is 18.3 Å². The smallest absolute Gasteiger partial charge is 0.342 e. The van der Waals surface area contributed by atoms with Crippen molar-refractivity contribution in [2.45, 2.75) is 45.7 Å². The third kappa shape index (κ3) is 6.81. The molecular weight excluding hydrogens is 403 g/mol. The molecule has 0 aromatic heterocycles. The van der Waals surface area contributed by atoms with E-state index in [0.717, 1.165) is 23.5 Å². The van der Waals surface area contributed by atoms with Crippen molar-refractivity contribution < 1.29 is 22.8 Å². The van der Waals surface area contributed by atoms with Gasteiger partial charge in [-0.1, -0.05) is 53.6 Å². The number of hydrogen-bond acceptors (Lipinski definition) is 2. The molecule has 6 heteroatoms. The molecule has 0 saturated carbocycles. The first-order valence-corrected chi connectivity index (χ1v) is 10.2. The van der Waals surface area contributed by atoms with Gasteiger partial charge in [0.05, 0.1) is 5.92 Å². The first kappa shape index (κ1) is 24.4. The standard InChI is InChI=1S/C25H28F3NO2/c1-17-13-18(2)15-21(14-17)23(25(26,27)28)10-8-20-7-9-22(19(3)16-20)24(31)29(4)11-5-6-12-30/h7-10,12-16,23H,5-6,11H2,1-4H3/b10-8+. The van der Waals surface area contributed by atoms with Crippen molar-refractivity contribution in [2.24, 2.45) is 0 Å². The van der Waals surface area contributed by atoms with Gasteiger partial charge in [0, 0.05) is 25.6 Å². The zero-order valence-electron chi connectivity index (χ0n) is 18.3. The van der Waals surface area contributed by atoms with Gasteiger partial charge in [0.25, 0.3) is 5.91 Å². The van der Waals surface area contributed by atoms with Gasteiger partial charge in [-0.3, -0.25) is 4.79 Å². The highest BCUT2D eigenvalue weighted by atomic mass is 19.4. The molecule has 0 saturated heterocycles. The Morgan fingerprint density at radius 3 is 2.26 bits per heavy atom. The summed E-state index contributed by atoms with van der Waals surface area (Å²) in [5, 5.41) is 0. The fourth-order valence-corrected chi connectivity index (χ4v) is 3.56. The van der Waals surface area contributed by atoms with E-state index in [1.165, 1.54) is 6.08 Å². The van der Waals surface area contributed by atoms with Crippen LogP contribution in [0.15, 0.2) is 42.5 Å². The predicted molar refractivity (Wildman–Crippen MR) is 117 cm³/mol. The van der Waals surface area contributed by atoms with Crippen molar-refractivity contribution in [1.82, 2.24) is 4.90 Å². The number of benzene rings is 2. The van der Waals surface area contributed by atoms with Gasteiger partial charge in [0.2, 0.25) is 0 Å². The Labute approximate surface area is 181 Å². The third-order valence-corrected chi connectivity index (χ3v) is 5.08. The minimum atomic E-state index is -4.41. The molecule has 31 heavy (non-hydrogen) atoms. The van der Waals surface area contributed by atoms with Gasteiger partial charge in [-0.25, -0.2) is 0 Å². The van der Waals surface area contributed by atoms with Gasteiger partial charge in [0.1, 0.15) is 6.29 Å². The molecule has 0 N–H and O–H groups in total. The van der Waals surface area contributed by atoms with E-state index in [2.05, 4.69) is 0 Å². The van der Waals surface area contributed by atoms with Crippen LogP contribution in [-0.4, -0.2) is 36.9 Å². The minimum absolute atomic E-state index is 0.178. The largest absolute Gasteiger partial charge is 0.399 e. The number of amides is 1. The summed E-state index contributed by atoms with van der Waals surface area (Å²) in [5.41, 5.74) is 3.55. The van der Waals surface area contributed by atoms with Crippen LogP contribution < -0.4 is 0 Å². The number of allylic oxidation sites excluding steroid dienone is 1. The summed E-state index contributed by atoms with van der Waals surface area (Å²) in [6, 6.07) is 9.94. The maximum atomic E-state index is 13.7. The van der Waals surface area contributed by atoms with Crippen LogP contribution in [0.1, 0.15) is 56.9 Å². The van der Waals surface area contributed by atoms with E-state index in [9.17, 15) is 22.8 Å². The van der Waals surface area contributed by atoms with Crippen LogP contribution >= 0.6 is 0 Å². The lowest BCUT2D eigenvalue weighted by Gasteiger charge is -2.19. The maximum Gasteiger partial charge on any atom is 0.399 e. The lowest BCUT2D eigenvalue weighted by atomic mass is 9.93. The van der Waals surface area contributed by atoms with Crippen molar-refractivity contribution in [2.75, 3.05) is 13.6 Å². The van der Waals surface area contributed by atoms with Crippen molar-refractivity contribution in [1.29, 1.82) is 0 Å². The number of rotatable bonds is 8. The zero-order valence-corrected chi connectivity index (χ0v) is 18.3. The number of halogens is 3. The van der Waals surface area contributed by atoms with Gasteiger partial charge in [-0.2, -0.15) is 13.2 Å². The fraction of sp³-hybridized carbons (Fsp3) is 0.360. The van der Waals surface area contributed by atoms with Crippen LogP contribution in [-0.2, 0) is 4.79 Å². The summed E-state index contributed by atoms with van der Waals surface area (Å²) >= 11 is 0. The highest BCUT2D eigenvalue weighted by Crippen LogP contribution is 2.37. The molecule has 0 radical (unpaired) electrons. The summed E-state index contributed by atoms with van der Waals surface area (Å²) in [7, 11) is 1.66. The molecule has 0 aliphatic rings. The SMILES string of the molecule is Cc1cc(C)cc(C(/C=C/c2ccc(C(=O)N(C)CCCC=O)c(C)c2)C(F)(F)F)c1. The molecule has 0 aliphatic heterocycles. The Hall–Kier alpha value is -2.89. The molecule has 2 aromatic carbocycles. The Balaban J connectivity index is 2.25. The summed E-state index contributed by atoms with van der Waals surface area (Å²) in [6.45, 7) is 5.78. The lowest BCUT2D eigenvalue weighted by molar-refractivity contribution is -0.139. The molecular formula is C25H28F3NO2. The lowest BCUT2D eigenvalue weighted by Crippen LogP contribution is -2.28. The first-order valence-electron chi connectivity index (χ1n) is 10.2. The van der Waals surface area contributed by atoms with Crippen LogP contribution in [0, 0.1) is 20.8 Å². The zero-order chi connectivity index (χ0) is 23.2. The van der Waals surface area contributed by atoms with Gasteiger partial charge in [-0.15, -0.1) is 0 Å². The van der Waals surface area contributed by atoms with E-state index in [4.69, 9.17) is 0 Å². The van der Waals surface area contributed by atoms with E-state index in [1.54, 1.807) is 63.1 Å². The number of aryl methyl sites for hydroxylation is 3. The average Bonchev–Trinajstić information content (AvgIpc) is 2.66. The third-order valence-electron chi connectivity index (χ3n) is 5.08. The molecule has 2 rings (SSSR count). The summed E-state index contributed by atoms with van der Waals surface area (Å²) in [5.74, 6) is -1.89. The number of aldehydes is 1. The van der Waals surface area contributed by atoms with Gasteiger partial charge >= 0.3 is 6.18 Å². The van der Waals surface area contributed by atoms with Crippen LogP contribution in [0.25, 0.3) is 6.08 Å². The fourth-order valence-electron chi connectivity index (χ4n) is 3.56. The Kier molecular flexibility index (Phi) is 8.20. The molecule has 1 unspecified atom stereocenters. The molecule has 166 valence electrons. The molecule has 0 bridgehead atoms. The molecule has 3 nitrogen and oxygen atoms in total. The molecule has 0 fully saturated rings. The van der Waals surface area contributed by atoms with Crippen LogP contribution in [0.5, 0.6) is 0 Å². The summed E-state index contributed by atoms with van der Waals surface area (Å²) < 4.78 is 41.1. The maximum absolute atomic E-state index is 13.7. The number of carbonyl (C=O) groups excluding carboxylic acids is 2. The predicted octanol–water partition coefficient (Wildman–Crippen LogP) is 6.02. The van der Waals surface area contributed by atoms with Crippen LogP contribution in [0.3, 0.4) is 0 Å². The number of alkyl halides is 3. The summed E-state index contributed by atoms with van der Waals surface area (Å²) in [4.78, 5) is 24.6. The molecule has 1 amide bonds.